The van der Waals surface area contributed by atoms with Crippen LogP contribution >= 0.6 is 11.6 Å². The zero-order valence-corrected chi connectivity index (χ0v) is 15.9. The molecule has 0 fully saturated rings. The van der Waals surface area contributed by atoms with Crippen LogP contribution in [0.3, 0.4) is 0 Å². The molecule has 1 aliphatic heterocycles. The van der Waals surface area contributed by atoms with Crippen LogP contribution in [-0.2, 0) is 30.7 Å². The number of aryl methyl sites for hydroxylation is 1. The predicted molar refractivity (Wildman–Crippen MR) is 107 cm³/mol. The van der Waals surface area contributed by atoms with Crippen LogP contribution in [0.5, 0.6) is 0 Å². The van der Waals surface area contributed by atoms with Crippen molar-refractivity contribution in [1.82, 2.24) is 14.7 Å². The summed E-state index contributed by atoms with van der Waals surface area (Å²) in [4.78, 5) is 14.6. The minimum atomic E-state index is 0.173. The van der Waals surface area contributed by atoms with Gasteiger partial charge in [0, 0.05) is 24.4 Å². The lowest BCUT2D eigenvalue weighted by Crippen LogP contribution is -2.38. The Kier molecular flexibility index (Phi) is 5.26. The number of benzene rings is 2. The van der Waals surface area contributed by atoms with Crippen molar-refractivity contribution in [1.29, 1.82) is 0 Å². The first-order valence-electron chi connectivity index (χ1n) is 9.30. The van der Waals surface area contributed by atoms with Gasteiger partial charge >= 0.3 is 0 Å². The topological polar surface area (TPSA) is 38.1 Å². The molecule has 5 heteroatoms. The van der Waals surface area contributed by atoms with Crippen LogP contribution in [0.1, 0.15) is 28.9 Å². The van der Waals surface area contributed by atoms with Crippen molar-refractivity contribution in [2.24, 2.45) is 0 Å². The molecule has 4 rings (SSSR count). The molecule has 2 heterocycles. The second-order valence-electron chi connectivity index (χ2n) is 6.92. The number of carbonyl (C=O) groups is 1. The van der Waals surface area contributed by atoms with Crippen LogP contribution in [0.4, 0.5) is 0 Å². The summed E-state index contributed by atoms with van der Waals surface area (Å²) >= 11 is 6.19. The molecule has 0 N–H and O–H groups in total. The molecule has 0 saturated carbocycles. The SMILES string of the molecule is O=C(CCc1ccccc1Cl)N1CCn2nc(Cc3ccccc3)cc2C1. The summed E-state index contributed by atoms with van der Waals surface area (Å²) in [5.41, 5.74) is 4.44. The Morgan fingerprint density at radius 1 is 1.04 bits per heavy atom. The van der Waals surface area contributed by atoms with E-state index in [4.69, 9.17) is 16.7 Å². The van der Waals surface area contributed by atoms with Crippen LogP contribution in [-0.4, -0.2) is 27.1 Å². The molecule has 0 unspecified atom stereocenters. The molecule has 1 amide bonds. The highest BCUT2D eigenvalue weighted by Gasteiger charge is 2.22. The van der Waals surface area contributed by atoms with Gasteiger partial charge in [0.1, 0.15) is 0 Å². The summed E-state index contributed by atoms with van der Waals surface area (Å²) in [5.74, 6) is 0.173. The van der Waals surface area contributed by atoms with Gasteiger partial charge in [-0.15, -0.1) is 0 Å². The van der Waals surface area contributed by atoms with Crippen LogP contribution < -0.4 is 0 Å². The summed E-state index contributed by atoms with van der Waals surface area (Å²) in [6.45, 7) is 2.09. The molecular weight excluding hydrogens is 358 g/mol. The first-order chi connectivity index (χ1) is 13.2. The number of nitrogens with zero attached hydrogens (tertiary/aromatic N) is 3. The molecule has 0 radical (unpaired) electrons. The number of aromatic nitrogens is 2. The summed E-state index contributed by atoms with van der Waals surface area (Å²) in [7, 11) is 0. The van der Waals surface area contributed by atoms with Gasteiger partial charge in [-0.2, -0.15) is 5.10 Å². The molecule has 0 spiro atoms. The van der Waals surface area contributed by atoms with E-state index in [1.54, 1.807) is 0 Å². The van der Waals surface area contributed by atoms with Gasteiger partial charge in [-0.1, -0.05) is 60.1 Å². The molecule has 4 nitrogen and oxygen atoms in total. The average molecular weight is 380 g/mol. The van der Waals surface area contributed by atoms with E-state index in [9.17, 15) is 4.79 Å². The zero-order chi connectivity index (χ0) is 18.6. The van der Waals surface area contributed by atoms with Gasteiger partial charge < -0.3 is 4.90 Å². The number of carbonyl (C=O) groups excluding carboxylic acids is 1. The van der Waals surface area contributed by atoms with Gasteiger partial charge in [0.25, 0.3) is 0 Å². The van der Waals surface area contributed by atoms with E-state index in [1.165, 1.54) is 5.56 Å². The van der Waals surface area contributed by atoms with Crippen molar-refractivity contribution in [2.75, 3.05) is 6.54 Å². The van der Waals surface area contributed by atoms with Crippen LogP contribution in [0.15, 0.2) is 60.7 Å². The van der Waals surface area contributed by atoms with Gasteiger partial charge in [0.05, 0.1) is 24.5 Å². The first-order valence-corrected chi connectivity index (χ1v) is 9.67. The maximum absolute atomic E-state index is 12.6. The van der Waals surface area contributed by atoms with E-state index in [2.05, 4.69) is 18.2 Å². The van der Waals surface area contributed by atoms with E-state index in [0.29, 0.717) is 25.9 Å². The highest BCUT2D eigenvalue weighted by atomic mass is 35.5. The highest BCUT2D eigenvalue weighted by molar-refractivity contribution is 6.31. The van der Waals surface area contributed by atoms with Crippen molar-refractivity contribution in [3.8, 4) is 0 Å². The molecule has 0 aliphatic carbocycles. The lowest BCUT2D eigenvalue weighted by atomic mass is 10.1. The van der Waals surface area contributed by atoms with Gasteiger partial charge in [-0.25, -0.2) is 0 Å². The van der Waals surface area contributed by atoms with Crippen LogP contribution in [0.25, 0.3) is 0 Å². The highest BCUT2D eigenvalue weighted by Crippen LogP contribution is 2.19. The van der Waals surface area contributed by atoms with E-state index >= 15 is 0 Å². The Labute approximate surface area is 164 Å². The van der Waals surface area contributed by atoms with Crippen LogP contribution in [0.2, 0.25) is 5.02 Å². The molecular formula is C22H22ClN3O. The Morgan fingerprint density at radius 3 is 2.63 bits per heavy atom. The Morgan fingerprint density at radius 2 is 1.81 bits per heavy atom. The summed E-state index contributed by atoms with van der Waals surface area (Å²) in [6, 6.07) is 20.2. The Bertz CT molecular complexity index is 936. The summed E-state index contributed by atoms with van der Waals surface area (Å²) < 4.78 is 2.04. The number of fused-ring (bicyclic) bond motifs is 1. The fourth-order valence-corrected chi connectivity index (χ4v) is 3.76. The molecule has 3 aromatic rings. The molecule has 0 saturated heterocycles. The van der Waals surface area contributed by atoms with Crippen molar-refractivity contribution in [3.63, 3.8) is 0 Å². The van der Waals surface area contributed by atoms with Gasteiger partial charge in [0.15, 0.2) is 0 Å². The molecule has 1 aliphatic rings. The molecule has 1 aromatic heterocycles. The average Bonchev–Trinajstić information content (AvgIpc) is 3.09. The van der Waals surface area contributed by atoms with Crippen molar-refractivity contribution < 1.29 is 4.79 Å². The predicted octanol–water partition coefficient (Wildman–Crippen LogP) is 4.10. The van der Waals surface area contributed by atoms with Gasteiger partial charge in [-0.05, 0) is 29.7 Å². The number of amides is 1. The minimum absolute atomic E-state index is 0.173. The fourth-order valence-electron chi connectivity index (χ4n) is 3.53. The quantitative estimate of drug-likeness (QED) is 0.669. The van der Waals surface area contributed by atoms with E-state index in [-0.39, 0.29) is 5.91 Å². The fraction of sp³-hybridized carbons (Fsp3) is 0.273. The minimum Gasteiger partial charge on any atom is -0.335 e. The Balaban J connectivity index is 1.38. The van der Waals surface area contributed by atoms with Crippen molar-refractivity contribution in [2.45, 2.75) is 32.4 Å². The zero-order valence-electron chi connectivity index (χ0n) is 15.1. The lowest BCUT2D eigenvalue weighted by molar-refractivity contribution is -0.132. The third kappa shape index (κ3) is 4.22. The van der Waals surface area contributed by atoms with Crippen molar-refractivity contribution in [3.05, 3.63) is 88.2 Å². The second-order valence-corrected chi connectivity index (χ2v) is 7.33. The molecule has 2 aromatic carbocycles. The standard InChI is InChI=1S/C22H22ClN3O/c23-21-9-5-4-8-18(21)10-11-22(27)25-12-13-26-20(16-25)15-19(24-26)14-17-6-2-1-3-7-17/h1-9,15H,10-14,16H2. The van der Waals surface area contributed by atoms with Crippen molar-refractivity contribution >= 4 is 17.5 Å². The lowest BCUT2D eigenvalue weighted by Gasteiger charge is -2.27. The van der Waals surface area contributed by atoms with Gasteiger partial charge in [-0.3, -0.25) is 9.48 Å². The number of hydrogen-bond donors (Lipinski definition) is 0. The number of rotatable bonds is 5. The normalized spacial score (nSPS) is 13.4. The number of halogens is 1. The van der Waals surface area contributed by atoms with Gasteiger partial charge in [0.2, 0.25) is 5.91 Å². The van der Waals surface area contributed by atoms with E-state index in [1.807, 2.05) is 52.0 Å². The van der Waals surface area contributed by atoms with E-state index < -0.39 is 0 Å². The summed E-state index contributed by atoms with van der Waals surface area (Å²) in [5, 5.41) is 5.44. The second kappa shape index (κ2) is 7.97. The molecule has 138 valence electrons. The maximum Gasteiger partial charge on any atom is 0.223 e. The Hall–Kier alpha value is -2.59. The smallest absolute Gasteiger partial charge is 0.223 e. The van der Waals surface area contributed by atoms with Crippen LogP contribution in [0, 0.1) is 0 Å². The molecule has 0 bridgehead atoms. The van der Waals surface area contributed by atoms with E-state index in [0.717, 1.165) is 34.9 Å². The first kappa shape index (κ1) is 17.8. The maximum atomic E-state index is 12.6. The monoisotopic (exact) mass is 379 g/mol. The largest absolute Gasteiger partial charge is 0.335 e. The summed E-state index contributed by atoms with van der Waals surface area (Å²) in [6.07, 6.45) is 1.98. The molecule has 0 atom stereocenters. The third-order valence-electron chi connectivity index (χ3n) is 5.00. The molecule has 27 heavy (non-hydrogen) atoms. The number of hydrogen-bond acceptors (Lipinski definition) is 2. The third-order valence-corrected chi connectivity index (χ3v) is 5.36.